The highest BCUT2D eigenvalue weighted by molar-refractivity contribution is 5.92. The van der Waals surface area contributed by atoms with E-state index >= 15 is 0 Å². The van der Waals surface area contributed by atoms with Gasteiger partial charge in [-0.15, -0.1) is 0 Å². The van der Waals surface area contributed by atoms with Crippen molar-refractivity contribution in [1.82, 2.24) is 0 Å². The van der Waals surface area contributed by atoms with Gasteiger partial charge in [-0.3, -0.25) is 0 Å². The van der Waals surface area contributed by atoms with Crippen LogP contribution < -0.4 is 0 Å². The molecule has 4 heteroatoms. The Bertz CT molecular complexity index is 535. The predicted molar refractivity (Wildman–Crippen MR) is 93.6 cm³/mol. The highest BCUT2D eigenvalue weighted by Crippen LogP contribution is 2.65. The molecule has 4 nitrogen and oxygen atoms in total. The van der Waals surface area contributed by atoms with E-state index in [2.05, 4.69) is 19.0 Å². The summed E-state index contributed by atoms with van der Waals surface area (Å²) < 4.78 is 0. The Kier molecular flexibility index (Phi) is 4.00. The number of aliphatic hydroxyl groups excluding tert-OH is 2. The normalized spacial score (nSPS) is 55.6. The lowest BCUT2D eigenvalue weighted by atomic mass is 9.44. The van der Waals surface area contributed by atoms with Gasteiger partial charge >= 0.3 is 0 Å². The molecule has 4 saturated carbocycles. The molecule has 0 amide bonds. The van der Waals surface area contributed by atoms with Crippen molar-refractivity contribution in [2.45, 2.75) is 77.4 Å². The van der Waals surface area contributed by atoms with Crippen LogP contribution in [0.3, 0.4) is 0 Å². The topological polar surface area (TPSA) is 62.0 Å². The molecule has 2 N–H and O–H groups in total. The molecule has 8 atom stereocenters. The number of nitrogens with zero attached hydrogens (tertiary/aromatic N) is 1. The second kappa shape index (κ2) is 5.70. The first kappa shape index (κ1) is 16.8. The molecule has 4 aliphatic carbocycles. The molecule has 4 rings (SSSR count). The zero-order chi connectivity index (χ0) is 17.1. The number of hydrogen-bond acceptors (Lipinski definition) is 4. The molecular weight excluding hydrogens is 302 g/mol. The summed E-state index contributed by atoms with van der Waals surface area (Å²) in [4.78, 5) is 5.11. The number of fused-ring (bicyclic) bond motifs is 5. The van der Waals surface area contributed by atoms with Gasteiger partial charge in [0.05, 0.1) is 17.9 Å². The standard InChI is InChI=1S/C20H33NO3/c1-19-9-8-13(22)10-12(19)4-5-14-15-6-7-17(21-24-3)20(15,2)11-16(23)18(14)19/h12-16,18,22-23H,4-11H2,1-3H3/t12-,13-,14+,15+,16+,18-,19+,20+/m1/s1. The van der Waals surface area contributed by atoms with Crippen molar-refractivity contribution in [1.29, 1.82) is 0 Å². The molecule has 24 heavy (non-hydrogen) atoms. The molecule has 4 aliphatic rings. The summed E-state index contributed by atoms with van der Waals surface area (Å²) in [6.45, 7) is 4.71. The van der Waals surface area contributed by atoms with E-state index < -0.39 is 0 Å². The summed E-state index contributed by atoms with van der Waals surface area (Å²) in [6.07, 6.45) is 7.98. The summed E-state index contributed by atoms with van der Waals surface area (Å²) in [7, 11) is 1.63. The number of rotatable bonds is 1. The van der Waals surface area contributed by atoms with Crippen molar-refractivity contribution in [3.63, 3.8) is 0 Å². The Morgan fingerprint density at radius 1 is 1.12 bits per heavy atom. The lowest BCUT2D eigenvalue weighted by Gasteiger charge is -2.61. The fraction of sp³-hybridized carbons (Fsp3) is 0.950. The average Bonchev–Trinajstić information content (AvgIpc) is 2.84. The second-order valence-electron chi connectivity index (χ2n) is 9.45. The van der Waals surface area contributed by atoms with Crippen molar-refractivity contribution < 1.29 is 15.1 Å². The Labute approximate surface area is 145 Å². The number of oxime groups is 1. The van der Waals surface area contributed by atoms with E-state index in [-0.39, 0.29) is 23.0 Å². The van der Waals surface area contributed by atoms with Crippen LogP contribution in [0, 0.1) is 34.5 Å². The molecule has 0 spiro atoms. The Morgan fingerprint density at radius 2 is 1.92 bits per heavy atom. The molecule has 0 aromatic carbocycles. The third-order valence-corrected chi connectivity index (χ3v) is 8.51. The summed E-state index contributed by atoms with van der Waals surface area (Å²) in [5.74, 6) is 2.20. The Morgan fingerprint density at radius 3 is 2.67 bits per heavy atom. The van der Waals surface area contributed by atoms with Crippen LogP contribution >= 0.6 is 0 Å². The SMILES string of the molecule is CON=C1CC[C@H]2[C@@H]3CC[C@@H]4C[C@H](O)CC[C@]4(C)[C@H]3[C@@H](O)C[C@]12C. The second-order valence-corrected chi connectivity index (χ2v) is 9.45. The lowest BCUT2D eigenvalue weighted by Crippen LogP contribution is -2.59. The van der Waals surface area contributed by atoms with Crippen LogP contribution in [-0.4, -0.2) is 35.2 Å². The van der Waals surface area contributed by atoms with Crippen LogP contribution in [0.1, 0.15) is 65.2 Å². The lowest BCUT2D eigenvalue weighted by molar-refractivity contribution is -0.164. The van der Waals surface area contributed by atoms with Gasteiger partial charge < -0.3 is 15.1 Å². The molecule has 0 bridgehead atoms. The van der Waals surface area contributed by atoms with Gasteiger partial charge in [0.1, 0.15) is 7.11 Å². The van der Waals surface area contributed by atoms with E-state index in [1.54, 1.807) is 7.11 Å². The molecule has 0 unspecified atom stereocenters. The fourth-order valence-electron chi connectivity index (χ4n) is 7.41. The van der Waals surface area contributed by atoms with E-state index in [0.717, 1.165) is 32.1 Å². The van der Waals surface area contributed by atoms with Gasteiger partial charge in [-0.1, -0.05) is 19.0 Å². The van der Waals surface area contributed by atoms with Crippen molar-refractivity contribution in [2.75, 3.05) is 7.11 Å². The maximum absolute atomic E-state index is 11.2. The molecular formula is C20H33NO3. The van der Waals surface area contributed by atoms with Crippen LogP contribution in [-0.2, 0) is 4.84 Å². The van der Waals surface area contributed by atoms with Gasteiger partial charge in [-0.25, -0.2) is 0 Å². The van der Waals surface area contributed by atoms with Gasteiger partial charge in [0.2, 0.25) is 0 Å². The van der Waals surface area contributed by atoms with E-state index in [0.29, 0.717) is 23.7 Å². The van der Waals surface area contributed by atoms with Gasteiger partial charge in [-0.05, 0) is 80.5 Å². The predicted octanol–water partition coefficient (Wildman–Crippen LogP) is 3.36. The first-order chi connectivity index (χ1) is 11.4. The number of hydrogen-bond donors (Lipinski definition) is 2. The largest absolute Gasteiger partial charge is 0.399 e. The third-order valence-electron chi connectivity index (χ3n) is 8.51. The van der Waals surface area contributed by atoms with Crippen LogP contribution in [0.25, 0.3) is 0 Å². The van der Waals surface area contributed by atoms with Crippen LogP contribution in [0.2, 0.25) is 0 Å². The van der Waals surface area contributed by atoms with Crippen molar-refractivity contribution >= 4 is 5.71 Å². The van der Waals surface area contributed by atoms with E-state index in [4.69, 9.17) is 4.84 Å². The van der Waals surface area contributed by atoms with Gasteiger partial charge in [0.25, 0.3) is 0 Å². The fourth-order valence-corrected chi connectivity index (χ4v) is 7.41. The maximum Gasteiger partial charge on any atom is 0.106 e. The van der Waals surface area contributed by atoms with Gasteiger partial charge in [-0.2, -0.15) is 0 Å². The van der Waals surface area contributed by atoms with Crippen LogP contribution in [0.5, 0.6) is 0 Å². The summed E-state index contributed by atoms with van der Waals surface area (Å²) in [6, 6.07) is 0. The minimum atomic E-state index is -0.251. The molecule has 0 heterocycles. The Hall–Kier alpha value is -0.610. The molecule has 136 valence electrons. The van der Waals surface area contributed by atoms with Crippen molar-refractivity contribution in [3.05, 3.63) is 0 Å². The highest BCUT2D eigenvalue weighted by Gasteiger charge is 2.62. The average molecular weight is 335 g/mol. The highest BCUT2D eigenvalue weighted by atomic mass is 16.6. The minimum absolute atomic E-state index is 0.00791. The van der Waals surface area contributed by atoms with Gasteiger partial charge in [0.15, 0.2) is 0 Å². The molecule has 0 aromatic heterocycles. The van der Waals surface area contributed by atoms with Crippen LogP contribution in [0.15, 0.2) is 5.16 Å². The van der Waals surface area contributed by atoms with Crippen molar-refractivity contribution in [2.24, 2.45) is 39.7 Å². The summed E-state index contributed by atoms with van der Waals surface area (Å²) >= 11 is 0. The summed E-state index contributed by atoms with van der Waals surface area (Å²) in [5.41, 5.74) is 1.37. The molecule has 0 radical (unpaired) electrons. The smallest absolute Gasteiger partial charge is 0.106 e. The quantitative estimate of drug-likeness (QED) is 0.722. The maximum atomic E-state index is 11.2. The number of aliphatic hydroxyl groups is 2. The Balaban J connectivity index is 1.67. The molecule has 0 saturated heterocycles. The molecule has 0 aliphatic heterocycles. The minimum Gasteiger partial charge on any atom is -0.399 e. The van der Waals surface area contributed by atoms with E-state index in [9.17, 15) is 10.2 Å². The van der Waals surface area contributed by atoms with Crippen molar-refractivity contribution in [3.8, 4) is 0 Å². The first-order valence-corrected chi connectivity index (χ1v) is 9.87. The first-order valence-electron chi connectivity index (χ1n) is 9.87. The molecule has 0 aromatic rings. The zero-order valence-corrected chi connectivity index (χ0v) is 15.4. The zero-order valence-electron chi connectivity index (χ0n) is 15.4. The van der Waals surface area contributed by atoms with Gasteiger partial charge in [0, 0.05) is 5.41 Å². The van der Waals surface area contributed by atoms with Crippen LogP contribution in [0.4, 0.5) is 0 Å². The van der Waals surface area contributed by atoms with E-state index in [1.165, 1.54) is 25.0 Å². The third kappa shape index (κ3) is 2.21. The monoisotopic (exact) mass is 335 g/mol. The summed E-state index contributed by atoms with van der Waals surface area (Å²) in [5, 5.41) is 25.7. The molecule has 4 fully saturated rings. The van der Waals surface area contributed by atoms with E-state index in [1.807, 2.05) is 0 Å².